The number of amides is 1. The zero-order valence-electron chi connectivity index (χ0n) is 64.6. The molecule has 1 heterocycles. The quantitative estimate of drug-likeness (QED) is 0.0215. The van der Waals surface area contributed by atoms with Crippen LogP contribution >= 0.6 is 0 Å². The van der Waals surface area contributed by atoms with E-state index in [0.717, 1.165) is 32.1 Å². The Labute approximate surface area is 602 Å². The molecule has 1 amide bonds. The van der Waals surface area contributed by atoms with E-state index in [9.17, 15) is 40.5 Å². The van der Waals surface area contributed by atoms with Gasteiger partial charge in [-0.25, -0.2) is 0 Å². The number of ether oxygens (including phenoxy) is 2. The fourth-order valence-electron chi connectivity index (χ4n) is 14.7. The Morgan fingerprint density at radius 2 is 0.608 bits per heavy atom. The van der Waals surface area contributed by atoms with Gasteiger partial charge in [-0.3, -0.25) is 4.79 Å². The van der Waals surface area contributed by atoms with Crippen molar-refractivity contribution >= 4 is 5.91 Å². The number of aliphatic hydroxyl groups is 7. The predicted molar refractivity (Wildman–Crippen MR) is 413 cm³/mol. The van der Waals surface area contributed by atoms with Gasteiger partial charge in [-0.15, -0.1) is 0 Å². The zero-order valence-corrected chi connectivity index (χ0v) is 64.6. The Kier molecular flexibility index (Phi) is 72.1. The summed E-state index contributed by atoms with van der Waals surface area (Å²) in [4.78, 5) is 13.3. The van der Waals surface area contributed by atoms with Gasteiger partial charge in [0.05, 0.1) is 25.4 Å². The van der Waals surface area contributed by atoms with E-state index in [1.54, 1.807) is 0 Å². The zero-order chi connectivity index (χ0) is 70.2. The van der Waals surface area contributed by atoms with Gasteiger partial charge in [0.25, 0.3) is 0 Å². The van der Waals surface area contributed by atoms with Crippen LogP contribution in [0.5, 0.6) is 0 Å². The second-order valence-electron chi connectivity index (χ2n) is 31.0. The molecule has 0 aromatic rings. The van der Waals surface area contributed by atoms with Gasteiger partial charge in [0.1, 0.15) is 36.6 Å². The van der Waals surface area contributed by atoms with Crippen molar-refractivity contribution in [1.82, 2.24) is 5.32 Å². The topological polar surface area (TPSA) is 189 Å². The molecule has 1 rings (SSSR count). The highest BCUT2D eigenvalue weighted by molar-refractivity contribution is 5.80. The molecule has 1 aliphatic rings. The summed E-state index contributed by atoms with van der Waals surface area (Å²) in [6.07, 6.45) is 85.2. The highest BCUT2D eigenvalue weighted by Crippen LogP contribution is 2.25. The maximum Gasteiger partial charge on any atom is 0.249 e. The minimum atomic E-state index is -1.67. The van der Waals surface area contributed by atoms with Crippen molar-refractivity contribution in [1.29, 1.82) is 0 Å². The average molecular weight is 1380 g/mol. The Morgan fingerprint density at radius 3 is 0.887 bits per heavy atom. The molecule has 9 unspecified atom stereocenters. The van der Waals surface area contributed by atoms with E-state index in [2.05, 4.69) is 31.3 Å². The van der Waals surface area contributed by atoms with Crippen molar-refractivity contribution in [2.24, 2.45) is 0 Å². The van der Waals surface area contributed by atoms with Gasteiger partial charge in [-0.05, 0) is 38.5 Å². The summed E-state index contributed by atoms with van der Waals surface area (Å²) in [7, 11) is 0. The normalized spacial score (nSPS) is 18.0. The van der Waals surface area contributed by atoms with Crippen molar-refractivity contribution in [3.8, 4) is 0 Å². The molecule has 0 aromatic heterocycles. The largest absolute Gasteiger partial charge is 0.394 e. The number of aliphatic hydroxyl groups excluding tert-OH is 7. The minimum absolute atomic E-state index is 0.260. The van der Waals surface area contributed by atoms with Crippen molar-refractivity contribution in [3.05, 3.63) is 12.2 Å². The first-order valence-electron chi connectivity index (χ1n) is 43.6. The van der Waals surface area contributed by atoms with Crippen LogP contribution in [-0.4, -0.2) is 110 Å². The number of carbonyl (C=O) groups is 1. The molecule has 1 fully saturated rings. The molecule has 1 aliphatic heterocycles. The number of rotatable bonds is 79. The standard InChI is InChI=1S/C86H169NO10/c1-3-5-7-9-11-13-15-17-19-21-23-25-27-29-31-33-35-37-38-39-40-41-42-44-46-48-50-52-54-56-58-60-62-64-66-68-70-72-74-79(90)85(95)87-77(76-96-86-84(94)83(93)82(92)80(75-88)97-86)81(91)78(89)73-71-69-67-65-63-61-59-57-55-53-51-49-47-45-43-36-34-32-30-28-26-24-22-20-18-16-14-12-10-8-6-4-2/h65,67,77-84,86,88-94H,3-64,66,68-76H2,1-2H3,(H,87,95)/b67-65+. The van der Waals surface area contributed by atoms with E-state index in [4.69, 9.17) is 9.47 Å². The number of carbonyl (C=O) groups excluding carboxylic acids is 1. The van der Waals surface area contributed by atoms with Crippen LogP contribution in [0, 0.1) is 0 Å². The van der Waals surface area contributed by atoms with E-state index in [0.29, 0.717) is 12.8 Å². The molecule has 11 heteroatoms. The smallest absolute Gasteiger partial charge is 0.249 e. The predicted octanol–water partition coefficient (Wildman–Crippen LogP) is 23.3. The van der Waals surface area contributed by atoms with Crippen LogP contribution in [0.1, 0.15) is 463 Å². The van der Waals surface area contributed by atoms with Gasteiger partial charge in [0.15, 0.2) is 6.29 Å². The van der Waals surface area contributed by atoms with Crippen LogP contribution in [0.2, 0.25) is 0 Å². The molecule has 0 aliphatic carbocycles. The Hall–Kier alpha value is -1.15. The molecular formula is C86H169NO10. The summed E-state index contributed by atoms with van der Waals surface area (Å²) < 4.78 is 11.2. The van der Waals surface area contributed by atoms with Gasteiger partial charge in [-0.2, -0.15) is 0 Å². The number of unbranched alkanes of at least 4 members (excludes halogenated alkanes) is 65. The molecule has 0 saturated carbocycles. The molecule has 1 saturated heterocycles. The van der Waals surface area contributed by atoms with Crippen molar-refractivity contribution in [2.45, 2.75) is 518 Å². The lowest BCUT2D eigenvalue weighted by Gasteiger charge is -2.40. The maximum absolute atomic E-state index is 13.3. The SMILES string of the molecule is CCCCCCCCCCCCCCCCCCCCCCCCCCCCC/C=C/CCCC(O)C(O)C(COC1OC(CO)C(O)C(O)C1O)NC(=O)C(O)CCCCCCCCCCCCCCCCCCCCCCCCCCCCCCCCCCCCCCCC. The lowest BCUT2D eigenvalue weighted by atomic mass is 9.98. The Balaban J connectivity index is 2.09. The molecule has 578 valence electrons. The van der Waals surface area contributed by atoms with E-state index >= 15 is 0 Å². The summed E-state index contributed by atoms with van der Waals surface area (Å²) in [6, 6.07) is -1.18. The van der Waals surface area contributed by atoms with Crippen LogP contribution in [-0.2, 0) is 14.3 Å². The second-order valence-corrected chi connectivity index (χ2v) is 31.0. The molecule has 0 aromatic carbocycles. The average Bonchev–Trinajstić information content (AvgIpc) is 0.827. The van der Waals surface area contributed by atoms with E-state index in [1.165, 1.54) is 392 Å². The van der Waals surface area contributed by atoms with Gasteiger partial charge in [0.2, 0.25) is 5.91 Å². The van der Waals surface area contributed by atoms with Crippen LogP contribution < -0.4 is 5.32 Å². The monoisotopic (exact) mass is 1380 g/mol. The fraction of sp³-hybridized carbons (Fsp3) is 0.965. The van der Waals surface area contributed by atoms with Gasteiger partial charge in [-0.1, -0.05) is 437 Å². The molecule has 0 spiro atoms. The summed E-state index contributed by atoms with van der Waals surface area (Å²) in [5.74, 6) is -0.695. The number of allylic oxidation sites excluding steroid dienone is 2. The summed E-state index contributed by atoms with van der Waals surface area (Å²) in [5.41, 5.74) is 0. The third-order valence-electron chi connectivity index (χ3n) is 21.6. The highest BCUT2D eigenvalue weighted by atomic mass is 16.7. The van der Waals surface area contributed by atoms with Crippen molar-refractivity contribution in [3.63, 3.8) is 0 Å². The van der Waals surface area contributed by atoms with E-state index in [-0.39, 0.29) is 12.8 Å². The summed E-state index contributed by atoms with van der Waals surface area (Å²) in [6.45, 7) is 3.53. The van der Waals surface area contributed by atoms with Crippen LogP contribution in [0.25, 0.3) is 0 Å². The van der Waals surface area contributed by atoms with Crippen LogP contribution in [0.15, 0.2) is 12.2 Å². The van der Waals surface area contributed by atoms with Crippen LogP contribution in [0.3, 0.4) is 0 Å². The Morgan fingerprint density at radius 1 is 0.351 bits per heavy atom. The molecule has 0 radical (unpaired) electrons. The number of nitrogens with one attached hydrogen (secondary N) is 1. The molecule has 8 N–H and O–H groups in total. The van der Waals surface area contributed by atoms with Gasteiger partial charge < -0.3 is 50.5 Å². The first kappa shape index (κ1) is 93.9. The van der Waals surface area contributed by atoms with Crippen molar-refractivity contribution < 1.29 is 50.0 Å². The maximum atomic E-state index is 13.3. The molecular weight excluding hydrogens is 1210 g/mol. The van der Waals surface area contributed by atoms with E-state index < -0.39 is 74.2 Å². The lowest BCUT2D eigenvalue weighted by molar-refractivity contribution is -0.303. The first-order chi connectivity index (χ1) is 47.7. The fourth-order valence-corrected chi connectivity index (χ4v) is 14.7. The third kappa shape index (κ3) is 60.9. The third-order valence-corrected chi connectivity index (χ3v) is 21.6. The lowest BCUT2D eigenvalue weighted by Crippen LogP contribution is -2.60. The Bertz CT molecular complexity index is 1590. The minimum Gasteiger partial charge on any atom is -0.394 e. The molecule has 11 nitrogen and oxygen atoms in total. The molecule has 9 atom stereocenters. The second kappa shape index (κ2) is 74.6. The van der Waals surface area contributed by atoms with Gasteiger partial charge in [0, 0.05) is 0 Å². The first-order valence-corrected chi connectivity index (χ1v) is 43.6. The molecule has 97 heavy (non-hydrogen) atoms. The van der Waals surface area contributed by atoms with E-state index in [1.807, 2.05) is 0 Å². The van der Waals surface area contributed by atoms with Crippen molar-refractivity contribution in [2.75, 3.05) is 13.2 Å². The van der Waals surface area contributed by atoms with Crippen LogP contribution in [0.4, 0.5) is 0 Å². The summed E-state index contributed by atoms with van der Waals surface area (Å²) in [5, 5.41) is 76.8. The van der Waals surface area contributed by atoms with Gasteiger partial charge >= 0.3 is 0 Å². The highest BCUT2D eigenvalue weighted by Gasteiger charge is 2.44. The summed E-state index contributed by atoms with van der Waals surface area (Å²) >= 11 is 0. The number of hydrogen-bond acceptors (Lipinski definition) is 10. The number of hydrogen-bond donors (Lipinski definition) is 8. The molecule has 0 bridgehead atoms.